The number of ether oxygens (including phenoxy) is 1. The summed E-state index contributed by atoms with van der Waals surface area (Å²) in [4.78, 5) is 14.2. The third-order valence-corrected chi connectivity index (χ3v) is 2.38. The lowest BCUT2D eigenvalue weighted by molar-refractivity contribution is -0.136. The number of hydrogen-bond acceptors (Lipinski definition) is 3. The molecule has 1 aromatic heterocycles. The minimum atomic E-state index is -2.76. The van der Waals surface area contributed by atoms with Crippen LogP contribution in [0.3, 0.4) is 0 Å². The minimum absolute atomic E-state index is 0.0821. The quantitative estimate of drug-likeness (QED) is 0.831. The molecule has 4 nitrogen and oxygen atoms in total. The summed E-state index contributed by atoms with van der Waals surface area (Å²) in [5.74, 6) is -1.32. The van der Waals surface area contributed by atoms with E-state index >= 15 is 0 Å². The van der Waals surface area contributed by atoms with Gasteiger partial charge >= 0.3 is 5.97 Å². The number of aromatic nitrogens is 1. The number of aliphatic carboxylic acids is 1. The van der Waals surface area contributed by atoms with E-state index in [1.54, 1.807) is 0 Å². The molecule has 0 saturated heterocycles. The van der Waals surface area contributed by atoms with Crippen molar-refractivity contribution in [3.05, 3.63) is 22.9 Å². The first-order valence-corrected chi connectivity index (χ1v) is 5.15. The monoisotopic (exact) mass is 265 g/mol. The maximum atomic E-state index is 12.5. The fourth-order valence-corrected chi connectivity index (χ4v) is 1.60. The zero-order valence-electron chi connectivity index (χ0n) is 8.91. The summed E-state index contributed by atoms with van der Waals surface area (Å²) in [5, 5.41) is 8.71. The Morgan fingerprint density at radius 3 is 2.71 bits per heavy atom. The number of carbonyl (C=O) groups is 1. The Bertz CT molecular complexity index is 401. The summed E-state index contributed by atoms with van der Waals surface area (Å²) in [5.41, 5.74) is 0.0299. The van der Waals surface area contributed by atoms with Crippen molar-refractivity contribution in [3.63, 3.8) is 0 Å². The molecule has 1 rings (SSSR count). The molecule has 0 amide bonds. The molecule has 0 bridgehead atoms. The van der Waals surface area contributed by atoms with Gasteiger partial charge in [0.25, 0.3) is 6.43 Å². The number of nitrogens with zero attached hydrogens (tertiary/aromatic N) is 1. The van der Waals surface area contributed by atoms with E-state index in [2.05, 4.69) is 4.98 Å². The lowest BCUT2D eigenvalue weighted by Crippen LogP contribution is -2.08. The molecule has 17 heavy (non-hydrogen) atoms. The molecule has 0 fully saturated rings. The maximum absolute atomic E-state index is 12.5. The fourth-order valence-electron chi connectivity index (χ4n) is 1.36. The summed E-state index contributed by atoms with van der Waals surface area (Å²) in [7, 11) is 1.24. The van der Waals surface area contributed by atoms with Gasteiger partial charge in [0.1, 0.15) is 5.69 Å². The van der Waals surface area contributed by atoms with Crippen molar-refractivity contribution in [1.82, 2.24) is 4.98 Å². The van der Waals surface area contributed by atoms with Crippen LogP contribution >= 0.6 is 11.6 Å². The highest BCUT2D eigenvalue weighted by molar-refractivity contribution is 6.17. The van der Waals surface area contributed by atoms with Crippen molar-refractivity contribution >= 4 is 17.6 Å². The van der Waals surface area contributed by atoms with Gasteiger partial charge in [0, 0.05) is 11.4 Å². The summed E-state index contributed by atoms with van der Waals surface area (Å²) < 4.78 is 29.8. The second-order valence-corrected chi connectivity index (χ2v) is 3.47. The van der Waals surface area contributed by atoms with Gasteiger partial charge in [-0.2, -0.15) is 0 Å². The number of hydrogen-bond donors (Lipinski definition) is 1. The van der Waals surface area contributed by atoms with Crippen molar-refractivity contribution in [2.45, 2.75) is 18.7 Å². The first-order chi connectivity index (χ1) is 7.99. The number of rotatable bonds is 5. The van der Waals surface area contributed by atoms with Gasteiger partial charge in [-0.15, -0.1) is 11.6 Å². The lowest BCUT2D eigenvalue weighted by atomic mass is 10.1. The predicted molar refractivity (Wildman–Crippen MR) is 56.6 cm³/mol. The van der Waals surface area contributed by atoms with E-state index in [-0.39, 0.29) is 29.3 Å². The third kappa shape index (κ3) is 3.26. The number of carboxylic acid groups (broad SMARTS) is 1. The second-order valence-electron chi connectivity index (χ2n) is 3.20. The Morgan fingerprint density at radius 1 is 1.65 bits per heavy atom. The third-order valence-electron chi connectivity index (χ3n) is 2.09. The van der Waals surface area contributed by atoms with Gasteiger partial charge in [0.05, 0.1) is 13.5 Å². The standard InChI is InChI=1S/C10H10ClF2NO3/c1-17-10-6(3-8(15)16)5(4-11)2-7(14-10)9(12)13/h2,9H,3-4H2,1H3,(H,15,16). The SMILES string of the molecule is COc1nc(C(F)F)cc(CCl)c1CC(=O)O. The molecule has 0 unspecified atom stereocenters. The molecule has 0 atom stereocenters. The molecule has 0 aliphatic heterocycles. The minimum Gasteiger partial charge on any atom is -0.481 e. The van der Waals surface area contributed by atoms with E-state index in [1.807, 2.05) is 0 Å². The largest absolute Gasteiger partial charge is 0.481 e. The summed E-state index contributed by atoms with van der Waals surface area (Å²) in [6.45, 7) is 0. The maximum Gasteiger partial charge on any atom is 0.308 e. The molecule has 0 aliphatic carbocycles. The summed E-state index contributed by atoms with van der Waals surface area (Å²) in [6, 6.07) is 1.10. The van der Waals surface area contributed by atoms with E-state index in [0.29, 0.717) is 0 Å². The average molecular weight is 266 g/mol. The zero-order chi connectivity index (χ0) is 13.0. The van der Waals surface area contributed by atoms with Gasteiger partial charge in [-0.05, 0) is 11.6 Å². The summed E-state index contributed by atoms with van der Waals surface area (Å²) >= 11 is 5.60. The van der Waals surface area contributed by atoms with Crippen LogP contribution in [-0.2, 0) is 17.1 Å². The van der Waals surface area contributed by atoms with Gasteiger partial charge in [-0.1, -0.05) is 0 Å². The van der Waals surface area contributed by atoms with Crippen LogP contribution in [0.25, 0.3) is 0 Å². The number of pyridine rings is 1. The Labute approximate surface area is 101 Å². The smallest absolute Gasteiger partial charge is 0.308 e. The Balaban J connectivity index is 3.30. The van der Waals surface area contributed by atoms with Crippen molar-refractivity contribution < 1.29 is 23.4 Å². The highest BCUT2D eigenvalue weighted by Gasteiger charge is 2.19. The number of halogens is 3. The number of alkyl halides is 3. The van der Waals surface area contributed by atoms with Crippen LogP contribution in [0.4, 0.5) is 8.78 Å². The first-order valence-electron chi connectivity index (χ1n) is 4.62. The zero-order valence-corrected chi connectivity index (χ0v) is 9.67. The molecule has 94 valence electrons. The van der Waals surface area contributed by atoms with Gasteiger partial charge in [0.15, 0.2) is 0 Å². The van der Waals surface area contributed by atoms with Crippen LogP contribution in [0.2, 0.25) is 0 Å². The van der Waals surface area contributed by atoms with Gasteiger partial charge < -0.3 is 9.84 Å². The Hall–Kier alpha value is -1.43. The van der Waals surface area contributed by atoms with Crippen molar-refractivity contribution in [2.75, 3.05) is 7.11 Å². The average Bonchev–Trinajstić information content (AvgIpc) is 2.28. The van der Waals surface area contributed by atoms with Crippen LogP contribution in [0.1, 0.15) is 23.2 Å². The van der Waals surface area contributed by atoms with E-state index in [1.165, 1.54) is 7.11 Å². The van der Waals surface area contributed by atoms with E-state index in [4.69, 9.17) is 21.4 Å². The van der Waals surface area contributed by atoms with Crippen LogP contribution in [-0.4, -0.2) is 23.2 Å². The van der Waals surface area contributed by atoms with Gasteiger partial charge in [0.2, 0.25) is 5.88 Å². The number of methoxy groups -OCH3 is 1. The van der Waals surface area contributed by atoms with Crippen molar-refractivity contribution in [1.29, 1.82) is 0 Å². The van der Waals surface area contributed by atoms with Gasteiger partial charge in [-0.25, -0.2) is 13.8 Å². The van der Waals surface area contributed by atoms with E-state index in [0.717, 1.165) is 6.07 Å². The highest BCUT2D eigenvalue weighted by atomic mass is 35.5. The van der Waals surface area contributed by atoms with Crippen LogP contribution < -0.4 is 4.74 Å². The van der Waals surface area contributed by atoms with E-state index in [9.17, 15) is 13.6 Å². The summed E-state index contributed by atoms with van der Waals surface area (Å²) in [6.07, 6.45) is -3.13. The normalized spacial score (nSPS) is 10.6. The molecular formula is C10H10ClF2NO3. The molecule has 0 radical (unpaired) electrons. The van der Waals surface area contributed by atoms with E-state index < -0.39 is 18.1 Å². The fraction of sp³-hybridized carbons (Fsp3) is 0.400. The molecular weight excluding hydrogens is 256 g/mol. The van der Waals surface area contributed by atoms with Crippen LogP contribution in [0.5, 0.6) is 5.88 Å². The highest BCUT2D eigenvalue weighted by Crippen LogP contribution is 2.27. The predicted octanol–water partition coefficient (Wildman–Crippen LogP) is 2.39. The molecule has 1 heterocycles. The molecule has 0 saturated carbocycles. The topological polar surface area (TPSA) is 59.4 Å². The second kappa shape index (κ2) is 5.77. The van der Waals surface area contributed by atoms with Crippen LogP contribution in [0.15, 0.2) is 6.07 Å². The molecule has 1 N–H and O–H groups in total. The molecule has 7 heteroatoms. The molecule has 0 aromatic carbocycles. The number of carboxylic acids is 1. The molecule has 0 aliphatic rings. The Morgan fingerprint density at radius 2 is 2.29 bits per heavy atom. The molecule has 0 spiro atoms. The van der Waals surface area contributed by atoms with Crippen molar-refractivity contribution in [2.24, 2.45) is 0 Å². The van der Waals surface area contributed by atoms with Crippen LogP contribution in [0, 0.1) is 0 Å². The van der Waals surface area contributed by atoms with Crippen molar-refractivity contribution in [3.8, 4) is 5.88 Å². The Kier molecular flexibility index (Phi) is 4.62. The lowest BCUT2D eigenvalue weighted by Gasteiger charge is -2.12. The van der Waals surface area contributed by atoms with Gasteiger partial charge in [-0.3, -0.25) is 4.79 Å². The first kappa shape index (κ1) is 13.6. The molecule has 1 aromatic rings.